The predicted molar refractivity (Wildman–Crippen MR) is 152 cm³/mol. The first kappa shape index (κ1) is 26.7. The van der Waals surface area contributed by atoms with E-state index in [1.54, 1.807) is 60.9 Å². The second-order valence-electron chi connectivity index (χ2n) is 10.0. The van der Waals surface area contributed by atoms with E-state index in [1.807, 2.05) is 42.5 Å². The van der Waals surface area contributed by atoms with Gasteiger partial charge in [-0.1, -0.05) is 50.2 Å². The Morgan fingerprint density at radius 2 is 1.65 bits per heavy atom. The number of aliphatic hydroxyl groups excluding tert-OH is 1. The van der Waals surface area contributed by atoms with E-state index in [4.69, 9.17) is 9.47 Å². The van der Waals surface area contributed by atoms with Crippen LogP contribution in [0.3, 0.4) is 0 Å². The molecule has 40 heavy (non-hydrogen) atoms. The molecule has 1 N–H and O–H groups in total. The van der Waals surface area contributed by atoms with Crippen LogP contribution < -0.4 is 9.47 Å². The number of hydrogen-bond acceptors (Lipinski definition) is 6. The number of rotatable bonds is 9. The summed E-state index contributed by atoms with van der Waals surface area (Å²) in [6.45, 7) is 4.83. The normalized spacial score (nSPS) is 16.4. The Morgan fingerprint density at radius 3 is 2.35 bits per heavy atom. The number of benzene rings is 3. The minimum Gasteiger partial charge on any atom is -0.507 e. The fraction of sp³-hybridized carbons (Fsp3) is 0.182. The summed E-state index contributed by atoms with van der Waals surface area (Å²) in [5.74, 6) is 0.533. The average Bonchev–Trinajstić information content (AvgIpc) is 3.22. The molecule has 5 rings (SSSR count). The van der Waals surface area contributed by atoms with Crippen LogP contribution in [0.2, 0.25) is 0 Å². The van der Waals surface area contributed by atoms with Gasteiger partial charge in [-0.3, -0.25) is 14.6 Å². The highest BCUT2D eigenvalue weighted by molar-refractivity contribution is 6.46. The number of Topliss-reactive ketones (excluding diaryl/α,β-unsaturated/α-hetero) is 1. The Labute approximate surface area is 233 Å². The number of ketones is 1. The predicted octanol–water partition coefficient (Wildman–Crippen LogP) is 6.53. The monoisotopic (exact) mass is 534 g/mol. The van der Waals surface area contributed by atoms with Crippen molar-refractivity contribution in [3.63, 3.8) is 0 Å². The van der Waals surface area contributed by atoms with Gasteiger partial charge in [-0.15, -0.1) is 0 Å². The number of hydrogen-bond donors (Lipinski definition) is 1. The van der Waals surface area contributed by atoms with Gasteiger partial charge in [0.1, 0.15) is 23.0 Å². The average molecular weight is 535 g/mol. The van der Waals surface area contributed by atoms with E-state index in [0.717, 1.165) is 5.56 Å². The molecule has 1 amide bonds. The molecule has 4 aromatic rings. The smallest absolute Gasteiger partial charge is 0.295 e. The van der Waals surface area contributed by atoms with Gasteiger partial charge in [0.15, 0.2) is 0 Å². The van der Waals surface area contributed by atoms with Gasteiger partial charge in [-0.05, 0) is 71.6 Å². The van der Waals surface area contributed by atoms with Gasteiger partial charge in [0.25, 0.3) is 11.7 Å². The lowest BCUT2D eigenvalue weighted by Crippen LogP contribution is -2.29. The van der Waals surface area contributed by atoms with Gasteiger partial charge >= 0.3 is 0 Å². The van der Waals surface area contributed by atoms with Crippen molar-refractivity contribution in [3.05, 3.63) is 126 Å². The molecular formula is C33H30N2O5. The fourth-order valence-corrected chi connectivity index (χ4v) is 4.58. The summed E-state index contributed by atoms with van der Waals surface area (Å²) in [5, 5.41) is 11.4. The zero-order valence-electron chi connectivity index (χ0n) is 22.4. The summed E-state index contributed by atoms with van der Waals surface area (Å²) in [4.78, 5) is 32.4. The van der Waals surface area contributed by atoms with Crippen LogP contribution in [-0.4, -0.2) is 33.3 Å². The van der Waals surface area contributed by atoms with Crippen molar-refractivity contribution in [1.82, 2.24) is 9.88 Å². The largest absolute Gasteiger partial charge is 0.507 e. The van der Waals surface area contributed by atoms with E-state index < -0.39 is 17.7 Å². The second kappa shape index (κ2) is 11.9. The number of pyridine rings is 1. The van der Waals surface area contributed by atoms with Crippen molar-refractivity contribution in [1.29, 1.82) is 0 Å². The second-order valence-corrected chi connectivity index (χ2v) is 10.0. The number of amides is 1. The van der Waals surface area contributed by atoms with Crippen LogP contribution >= 0.6 is 0 Å². The number of nitrogens with zero attached hydrogens (tertiary/aromatic N) is 2. The molecule has 0 spiro atoms. The molecule has 1 aromatic heterocycles. The van der Waals surface area contributed by atoms with Crippen molar-refractivity contribution in [2.75, 3.05) is 6.61 Å². The number of para-hydroxylation sites is 1. The van der Waals surface area contributed by atoms with Gasteiger partial charge in [-0.25, -0.2) is 0 Å². The molecule has 1 aliphatic rings. The molecule has 7 heteroatoms. The SMILES string of the molecule is CC(C)COc1ccc(/C(O)=C2\C(=O)C(=O)N(Cc3cccnc3)C2c2cccc(Oc3ccccc3)c2)cc1. The van der Waals surface area contributed by atoms with Gasteiger partial charge < -0.3 is 19.5 Å². The molecule has 3 aromatic carbocycles. The van der Waals surface area contributed by atoms with Crippen LogP contribution in [0.4, 0.5) is 0 Å². The van der Waals surface area contributed by atoms with Crippen LogP contribution in [0, 0.1) is 5.92 Å². The molecular weight excluding hydrogens is 504 g/mol. The summed E-state index contributed by atoms with van der Waals surface area (Å²) in [6, 6.07) is 26.2. The van der Waals surface area contributed by atoms with Crippen LogP contribution in [0.5, 0.6) is 17.2 Å². The van der Waals surface area contributed by atoms with Crippen molar-refractivity contribution < 1.29 is 24.2 Å². The topological polar surface area (TPSA) is 89.0 Å². The lowest BCUT2D eigenvalue weighted by molar-refractivity contribution is -0.140. The number of likely N-dealkylation sites (tertiary alicyclic amines) is 1. The van der Waals surface area contributed by atoms with Gasteiger partial charge in [0.2, 0.25) is 0 Å². The summed E-state index contributed by atoms with van der Waals surface area (Å²) < 4.78 is 11.8. The Balaban J connectivity index is 1.55. The number of aliphatic hydroxyl groups is 1. The maximum atomic E-state index is 13.4. The molecule has 1 saturated heterocycles. The highest BCUT2D eigenvalue weighted by Crippen LogP contribution is 2.41. The molecule has 0 radical (unpaired) electrons. The first-order valence-electron chi connectivity index (χ1n) is 13.1. The number of carbonyl (C=O) groups is 2. The van der Waals surface area contributed by atoms with E-state index in [2.05, 4.69) is 18.8 Å². The third-order valence-electron chi connectivity index (χ3n) is 6.48. The van der Waals surface area contributed by atoms with E-state index in [9.17, 15) is 14.7 Å². The van der Waals surface area contributed by atoms with E-state index in [0.29, 0.717) is 40.9 Å². The zero-order valence-corrected chi connectivity index (χ0v) is 22.4. The van der Waals surface area contributed by atoms with E-state index in [1.165, 1.54) is 4.90 Å². The molecule has 1 fully saturated rings. The van der Waals surface area contributed by atoms with Crippen LogP contribution in [0.25, 0.3) is 5.76 Å². The van der Waals surface area contributed by atoms with Crippen molar-refractivity contribution in [2.45, 2.75) is 26.4 Å². The standard InChI is InChI=1S/C33H30N2O5/c1-22(2)21-39-26-15-13-24(14-16-26)31(36)29-30(35(33(38)32(29)37)20-23-8-7-17-34-19-23)25-9-6-12-28(18-25)40-27-10-4-3-5-11-27/h3-19,22,30,36H,20-21H2,1-2H3/b31-29+. The summed E-state index contributed by atoms with van der Waals surface area (Å²) in [6.07, 6.45) is 3.30. The van der Waals surface area contributed by atoms with Gasteiger partial charge in [0, 0.05) is 24.5 Å². The van der Waals surface area contributed by atoms with E-state index >= 15 is 0 Å². The minimum atomic E-state index is -0.837. The number of carbonyl (C=O) groups excluding carboxylic acids is 2. The molecule has 1 unspecified atom stereocenters. The van der Waals surface area contributed by atoms with Crippen LogP contribution in [0.15, 0.2) is 109 Å². The van der Waals surface area contributed by atoms with Crippen LogP contribution in [0.1, 0.15) is 36.6 Å². The van der Waals surface area contributed by atoms with Gasteiger partial charge in [-0.2, -0.15) is 0 Å². The Morgan fingerprint density at radius 1 is 0.900 bits per heavy atom. The lowest BCUT2D eigenvalue weighted by Gasteiger charge is -2.25. The van der Waals surface area contributed by atoms with E-state index in [-0.39, 0.29) is 17.9 Å². The Kier molecular flexibility index (Phi) is 7.92. The quantitative estimate of drug-likeness (QED) is 0.149. The molecule has 0 bridgehead atoms. The Bertz CT molecular complexity index is 1520. The summed E-state index contributed by atoms with van der Waals surface area (Å²) in [7, 11) is 0. The minimum absolute atomic E-state index is 0.0154. The highest BCUT2D eigenvalue weighted by Gasteiger charge is 2.46. The molecule has 1 aliphatic heterocycles. The fourth-order valence-electron chi connectivity index (χ4n) is 4.58. The molecule has 7 nitrogen and oxygen atoms in total. The molecule has 2 heterocycles. The number of aromatic nitrogens is 1. The molecule has 0 aliphatic carbocycles. The highest BCUT2D eigenvalue weighted by atomic mass is 16.5. The number of ether oxygens (including phenoxy) is 2. The third kappa shape index (κ3) is 5.89. The zero-order chi connectivity index (χ0) is 28.1. The first-order chi connectivity index (χ1) is 19.4. The van der Waals surface area contributed by atoms with Crippen LogP contribution in [-0.2, 0) is 16.1 Å². The van der Waals surface area contributed by atoms with Crippen molar-refractivity contribution in [2.24, 2.45) is 5.92 Å². The molecule has 202 valence electrons. The van der Waals surface area contributed by atoms with Crippen molar-refractivity contribution >= 4 is 17.4 Å². The maximum Gasteiger partial charge on any atom is 0.295 e. The molecule has 0 saturated carbocycles. The summed E-state index contributed by atoms with van der Waals surface area (Å²) >= 11 is 0. The molecule has 1 atom stereocenters. The summed E-state index contributed by atoms with van der Waals surface area (Å²) in [5.41, 5.74) is 1.83. The van der Waals surface area contributed by atoms with Crippen molar-refractivity contribution in [3.8, 4) is 17.2 Å². The Hall–Kier alpha value is -4.91. The van der Waals surface area contributed by atoms with Gasteiger partial charge in [0.05, 0.1) is 18.2 Å². The lowest BCUT2D eigenvalue weighted by atomic mass is 9.95. The maximum absolute atomic E-state index is 13.4. The first-order valence-corrected chi connectivity index (χ1v) is 13.1. The third-order valence-corrected chi connectivity index (χ3v) is 6.48.